The summed E-state index contributed by atoms with van der Waals surface area (Å²) in [6.07, 6.45) is 1.09. The highest BCUT2D eigenvalue weighted by Gasteiger charge is 2.08. The van der Waals surface area contributed by atoms with E-state index in [1.54, 1.807) is 6.92 Å². The van der Waals surface area contributed by atoms with Crippen molar-refractivity contribution in [2.45, 2.75) is 19.8 Å². The summed E-state index contributed by atoms with van der Waals surface area (Å²) in [7, 11) is 0. The van der Waals surface area contributed by atoms with Gasteiger partial charge in [0, 0.05) is 17.9 Å². The van der Waals surface area contributed by atoms with Gasteiger partial charge in [-0.1, -0.05) is 0 Å². The molecule has 1 aromatic rings. The van der Waals surface area contributed by atoms with Gasteiger partial charge >= 0.3 is 0 Å². The van der Waals surface area contributed by atoms with Crippen LogP contribution in [0.3, 0.4) is 0 Å². The molecule has 0 N–H and O–H groups in total. The molecule has 1 rings (SSSR count). The predicted octanol–water partition coefficient (Wildman–Crippen LogP) is 3.34. The minimum atomic E-state index is -0.309. The first kappa shape index (κ1) is 11.2. The third-order valence-corrected chi connectivity index (χ3v) is 2.29. The van der Waals surface area contributed by atoms with Gasteiger partial charge < -0.3 is 0 Å². The summed E-state index contributed by atoms with van der Waals surface area (Å²) < 4.78 is 12.7. The van der Waals surface area contributed by atoms with E-state index >= 15 is 0 Å². The van der Waals surface area contributed by atoms with Gasteiger partial charge in [-0.2, -0.15) is 0 Å². The van der Waals surface area contributed by atoms with Crippen LogP contribution in [-0.4, -0.2) is 11.7 Å². The molecule has 1 aromatic carbocycles. The van der Waals surface area contributed by atoms with Crippen LogP contribution in [0.15, 0.2) is 18.2 Å². The van der Waals surface area contributed by atoms with Crippen molar-refractivity contribution in [3.8, 4) is 0 Å². The van der Waals surface area contributed by atoms with Crippen LogP contribution >= 0.6 is 11.6 Å². The molecule has 0 aromatic heterocycles. The highest BCUT2D eigenvalue weighted by molar-refractivity contribution is 6.18. The number of benzene rings is 1. The van der Waals surface area contributed by atoms with E-state index in [0.29, 0.717) is 29.8 Å². The van der Waals surface area contributed by atoms with Crippen LogP contribution in [0.4, 0.5) is 4.39 Å². The van der Waals surface area contributed by atoms with E-state index in [2.05, 4.69) is 0 Å². The zero-order valence-corrected chi connectivity index (χ0v) is 8.77. The molecule has 0 fully saturated rings. The molecule has 0 spiro atoms. The third kappa shape index (κ3) is 2.81. The van der Waals surface area contributed by atoms with Gasteiger partial charge in [0.15, 0.2) is 5.78 Å². The van der Waals surface area contributed by atoms with Gasteiger partial charge in [-0.25, -0.2) is 4.39 Å². The largest absolute Gasteiger partial charge is 0.294 e. The Balaban J connectivity index is 2.80. The minimum Gasteiger partial charge on any atom is -0.294 e. The molecule has 0 atom stereocenters. The molecule has 0 aliphatic rings. The SMILES string of the molecule is Cc1cc(F)ccc1C(=O)CCCCl. The second-order valence-corrected chi connectivity index (χ2v) is 3.55. The Bertz CT molecular complexity index is 336. The molecule has 0 radical (unpaired) electrons. The molecule has 1 nitrogen and oxygen atoms in total. The van der Waals surface area contributed by atoms with Gasteiger partial charge in [0.2, 0.25) is 0 Å². The zero-order chi connectivity index (χ0) is 10.6. The molecule has 0 heterocycles. The highest BCUT2D eigenvalue weighted by atomic mass is 35.5. The molecule has 0 unspecified atom stereocenters. The quantitative estimate of drug-likeness (QED) is 0.555. The van der Waals surface area contributed by atoms with E-state index in [4.69, 9.17) is 11.6 Å². The maximum absolute atomic E-state index is 12.7. The lowest BCUT2D eigenvalue weighted by Crippen LogP contribution is -2.02. The predicted molar refractivity (Wildman–Crippen MR) is 55.4 cm³/mol. The summed E-state index contributed by atoms with van der Waals surface area (Å²) in [5.74, 6) is 0.200. The smallest absolute Gasteiger partial charge is 0.163 e. The first-order valence-corrected chi connectivity index (χ1v) is 5.04. The van der Waals surface area contributed by atoms with Crippen molar-refractivity contribution >= 4 is 17.4 Å². The number of alkyl halides is 1. The van der Waals surface area contributed by atoms with Crippen molar-refractivity contribution in [3.63, 3.8) is 0 Å². The number of ketones is 1. The average molecular weight is 215 g/mol. The molecule has 3 heteroatoms. The molecular weight excluding hydrogens is 203 g/mol. The Morgan fingerprint density at radius 1 is 1.50 bits per heavy atom. The second kappa shape index (κ2) is 5.11. The molecule has 0 saturated carbocycles. The maximum Gasteiger partial charge on any atom is 0.163 e. The standard InChI is InChI=1S/C11H12ClFO/c1-8-7-9(13)4-5-10(8)11(14)3-2-6-12/h4-5,7H,2-3,6H2,1H3. The fourth-order valence-electron chi connectivity index (χ4n) is 1.30. The molecule has 0 saturated heterocycles. The fourth-order valence-corrected chi connectivity index (χ4v) is 1.44. The van der Waals surface area contributed by atoms with E-state index in [1.807, 2.05) is 0 Å². The first-order valence-electron chi connectivity index (χ1n) is 4.50. The van der Waals surface area contributed by atoms with E-state index in [0.717, 1.165) is 0 Å². The summed E-state index contributed by atoms with van der Waals surface area (Å²) in [5.41, 5.74) is 1.28. The zero-order valence-electron chi connectivity index (χ0n) is 8.02. The molecular formula is C11H12ClFO. The lowest BCUT2D eigenvalue weighted by Gasteiger charge is -2.03. The summed E-state index contributed by atoms with van der Waals surface area (Å²) in [4.78, 5) is 11.6. The first-order chi connectivity index (χ1) is 6.65. The van der Waals surface area contributed by atoms with Crippen molar-refractivity contribution in [3.05, 3.63) is 35.1 Å². The second-order valence-electron chi connectivity index (χ2n) is 3.17. The third-order valence-electron chi connectivity index (χ3n) is 2.03. The number of hydrogen-bond acceptors (Lipinski definition) is 1. The van der Waals surface area contributed by atoms with Crippen molar-refractivity contribution in [1.82, 2.24) is 0 Å². The number of hydrogen-bond donors (Lipinski definition) is 0. The summed E-state index contributed by atoms with van der Waals surface area (Å²) in [6, 6.07) is 4.20. The number of aryl methyl sites for hydroxylation is 1. The Hall–Kier alpha value is -0.890. The Morgan fingerprint density at radius 3 is 2.79 bits per heavy atom. The van der Waals surface area contributed by atoms with Crippen LogP contribution < -0.4 is 0 Å². The number of rotatable bonds is 4. The van der Waals surface area contributed by atoms with Gasteiger partial charge in [0.25, 0.3) is 0 Å². The molecule has 0 amide bonds. The number of Topliss-reactive ketones (excluding diaryl/α,β-unsaturated/α-hetero) is 1. The van der Waals surface area contributed by atoms with Crippen LogP contribution in [0.25, 0.3) is 0 Å². The van der Waals surface area contributed by atoms with Crippen molar-refractivity contribution in [2.75, 3.05) is 5.88 Å². The van der Waals surface area contributed by atoms with Gasteiger partial charge in [0.1, 0.15) is 5.82 Å². The molecule has 14 heavy (non-hydrogen) atoms. The minimum absolute atomic E-state index is 0.0307. The van der Waals surface area contributed by atoms with Gasteiger partial charge in [0.05, 0.1) is 0 Å². The Labute approximate surface area is 87.9 Å². The number of halogens is 2. The van der Waals surface area contributed by atoms with Crippen LogP contribution in [0.1, 0.15) is 28.8 Å². The van der Waals surface area contributed by atoms with E-state index in [9.17, 15) is 9.18 Å². The maximum atomic E-state index is 12.7. The lowest BCUT2D eigenvalue weighted by molar-refractivity contribution is 0.0981. The number of carbonyl (C=O) groups excluding carboxylic acids is 1. The van der Waals surface area contributed by atoms with Gasteiger partial charge in [-0.3, -0.25) is 4.79 Å². The van der Waals surface area contributed by atoms with Crippen molar-refractivity contribution in [2.24, 2.45) is 0 Å². The lowest BCUT2D eigenvalue weighted by atomic mass is 10.0. The highest BCUT2D eigenvalue weighted by Crippen LogP contribution is 2.13. The molecule has 0 aliphatic heterocycles. The monoisotopic (exact) mass is 214 g/mol. The summed E-state index contributed by atoms with van der Waals surface area (Å²) >= 11 is 5.49. The van der Waals surface area contributed by atoms with Crippen molar-refractivity contribution in [1.29, 1.82) is 0 Å². The number of carbonyl (C=O) groups is 1. The summed E-state index contributed by atoms with van der Waals surface area (Å²) in [5, 5.41) is 0. The van der Waals surface area contributed by atoms with Crippen LogP contribution in [0.2, 0.25) is 0 Å². The normalized spacial score (nSPS) is 10.2. The van der Waals surface area contributed by atoms with Crippen LogP contribution in [-0.2, 0) is 0 Å². The van der Waals surface area contributed by atoms with Gasteiger partial charge in [-0.05, 0) is 37.1 Å². The van der Waals surface area contributed by atoms with Crippen LogP contribution in [0.5, 0.6) is 0 Å². The fraction of sp³-hybridized carbons (Fsp3) is 0.364. The van der Waals surface area contributed by atoms with E-state index < -0.39 is 0 Å². The average Bonchev–Trinajstić information content (AvgIpc) is 2.14. The van der Waals surface area contributed by atoms with Crippen LogP contribution in [0, 0.1) is 12.7 Å². The molecule has 76 valence electrons. The Morgan fingerprint density at radius 2 is 2.21 bits per heavy atom. The van der Waals surface area contributed by atoms with E-state index in [-0.39, 0.29) is 11.6 Å². The molecule has 0 aliphatic carbocycles. The van der Waals surface area contributed by atoms with E-state index in [1.165, 1.54) is 18.2 Å². The van der Waals surface area contributed by atoms with Crippen molar-refractivity contribution < 1.29 is 9.18 Å². The Kier molecular flexibility index (Phi) is 4.08. The summed E-state index contributed by atoms with van der Waals surface area (Å²) in [6.45, 7) is 1.73. The topological polar surface area (TPSA) is 17.1 Å². The van der Waals surface area contributed by atoms with Gasteiger partial charge in [-0.15, -0.1) is 11.6 Å². The molecule has 0 bridgehead atoms.